The number of amides is 2. The first-order chi connectivity index (χ1) is 15.7. The van der Waals surface area contributed by atoms with Crippen LogP contribution in [0.25, 0.3) is 0 Å². The number of rotatable bonds is 6. The van der Waals surface area contributed by atoms with Crippen molar-refractivity contribution in [2.45, 2.75) is 32.0 Å². The molecule has 2 unspecified atom stereocenters. The van der Waals surface area contributed by atoms with Gasteiger partial charge in [0.15, 0.2) is 0 Å². The lowest BCUT2D eigenvalue weighted by atomic mass is 10.0. The van der Waals surface area contributed by atoms with Crippen molar-refractivity contribution in [3.05, 3.63) is 51.1 Å². The first kappa shape index (κ1) is 22.9. The number of carbonyl (C=O) groups is 2. The molecule has 10 nitrogen and oxygen atoms in total. The topological polar surface area (TPSA) is 117 Å². The molecule has 2 aliphatic heterocycles. The Morgan fingerprint density at radius 3 is 2.85 bits per heavy atom. The number of ether oxygens (including phenoxy) is 1. The smallest absolute Gasteiger partial charge is 0.414 e. The number of nitro groups is 1. The minimum atomic E-state index is -0.600. The lowest BCUT2D eigenvalue weighted by molar-refractivity contribution is -0.380. The fourth-order valence-corrected chi connectivity index (χ4v) is 5.24. The van der Waals surface area contributed by atoms with Gasteiger partial charge in [-0.1, -0.05) is 11.3 Å². The summed E-state index contributed by atoms with van der Waals surface area (Å²) in [5.41, 5.74) is 0.716. The largest absolute Gasteiger partial charge is 0.442 e. The van der Waals surface area contributed by atoms with E-state index in [1.54, 1.807) is 18.2 Å². The predicted octanol–water partition coefficient (Wildman–Crippen LogP) is 2.80. The van der Waals surface area contributed by atoms with Crippen LogP contribution in [0.15, 0.2) is 30.3 Å². The Morgan fingerprint density at radius 2 is 2.18 bits per heavy atom. The Labute approximate surface area is 193 Å². The van der Waals surface area contributed by atoms with Gasteiger partial charge in [-0.15, -0.1) is 0 Å². The third-order valence-electron chi connectivity index (χ3n) is 5.72. The number of nitrogens with zero attached hydrogens (tertiary/aromatic N) is 3. The van der Waals surface area contributed by atoms with E-state index < -0.39 is 22.9 Å². The molecule has 0 saturated carbocycles. The molecule has 2 saturated heterocycles. The van der Waals surface area contributed by atoms with Gasteiger partial charge in [-0.25, -0.2) is 9.18 Å². The van der Waals surface area contributed by atoms with E-state index in [9.17, 15) is 19.7 Å². The number of hydrogen-bond acceptors (Lipinski definition) is 8. The summed E-state index contributed by atoms with van der Waals surface area (Å²) in [6.07, 6.45) is -1.12. The van der Waals surface area contributed by atoms with Crippen LogP contribution < -0.4 is 20.4 Å². The van der Waals surface area contributed by atoms with E-state index in [1.807, 2.05) is 11.8 Å². The molecule has 2 fully saturated rings. The zero-order valence-corrected chi connectivity index (χ0v) is 18.9. The number of carbonyl (C=O) groups excluding carboxylic acids is 2. The van der Waals surface area contributed by atoms with E-state index >= 15 is 4.39 Å². The maximum Gasteiger partial charge on any atom is 0.414 e. The minimum absolute atomic E-state index is 0.0416. The summed E-state index contributed by atoms with van der Waals surface area (Å²) >= 11 is 1.08. The van der Waals surface area contributed by atoms with E-state index in [4.69, 9.17) is 4.74 Å². The molecule has 3 atom stereocenters. The van der Waals surface area contributed by atoms with Gasteiger partial charge in [0.2, 0.25) is 5.91 Å². The van der Waals surface area contributed by atoms with Crippen molar-refractivity contribution in [2.75, 3.05) is 36.0 Å². The van der Waals surface area contributed by atoms with E-state index in [1.165, 1.54) is 24.0 Å². The minimum Gasteiger partial charge on any atom is -0.442 e. The second-order valence-electron chi connectivity index (χ2n) is 8.00. The molecule has 2 aliphatic rings. The molecule has 33 heavy (non-hydrogen) atoms. The Balaban J connectivity index is 1.56. The fraction of sp³-hybridized carbons (Fsp3) is 0.429. The Hall–Kier alpha value is -3.25. The third kappa shape index (κ3) is 4.76. The summed E-state index contributed by atoms with van der Waals surface area (Å²) in [4.78, 5) is 38.1. The number of anilines is 2. The highest BCUT2D eigenvalue weighted by Gasteiger charge is 2.35. The molecule has 0 bridgehead atoms. The second-order valence-corrected chi connectivity index (χ2v) is 9.10. The predicted molar refractivity (Wildman–Crippen MR) is 121 cm³/mol. The lowest BCUT2D eigenvalue weighted by Crippen LogP contribution is -2.51. The zero-order chi connectivity index (χ0) is 23.7. The van der Waals surface area contributed by atoms with Crippen molar-refractivity contribution < 1.29 is 23.6 Å². The molecule has 0 spiro atoms. The van der Waals surface area contributed by atoms with Crippen LogP contribution in [0.1, 0.15) is 24.8 Å². The zero-order valence-electron chi connectivity index (χ0n) is 18.1. The number of hydrogen-bond donors (Lipinski definition) is 2. The maximum absolute atomic E-state index is 15.3. The van der Waals surface area contributed by atoms with Gasteiger partial charge in [0, 0.05) is 37.0 Å². The van der Waals surface area contributed by atoms with Gasteiger partial charge in [-0.3, -0.25) is 19.8 Å². The van der Waals surface area contributed by atoms with Gasteiger partial charge in [0.1, 0.15) is 11.9 Å². The molecule has 12 heteroatoms. The molecular formula is C21H24FN5O5S. The summed E-state index contributed by atoms with van der Waals surface area (Å²) in [7, 11) is 0. The quantitative estimate of drug-likeness (QED) is 0.485. The van der Waals surface area contributed by atoms with Crippen molar-refractivity contribution in [2.24, 2.45) is 0 Å². The van der Waals surface area contributed by atoms with Crippen LogP contribution in [-0.2, 0) is 9.53 Å². The first-order valence-electron chi connectivity index (χ1n) is 10.5. The molecular weight excluding hydrogens is 453 g/mol. The van der Waals surface area contributed by atoms with E-state index in [0.29, 0.717) is 24.5 Å². The molecule has 2 amide bonds. The molecule has 2 N–H and O–H groups in total. The van der Waals surface area contributed by atoms with Crippen LogP contribution in [0.5, 0.6) is 0 Å². The van der Waals surface area contributed by atoms with Crippen LogP contribution in [0.2, 0.25) is 0 Å². The summed E-state index contributed by atoms with van der Waals surface area (Å²) in [6, 6.07) is 7.41. The fourth-order valence-electron chi connectivity index (χ4n) is 4.20. The molecule has 176 valence electrons. The van der Waals surface area contributed by atoms with E-state index in [0.717, 1.165) is 16.2 Å². The van der Waals surface area contributed by atoms with Crippen molar-refractivity contribution in [1.82, 2.24) is 10.6 Å². The second kappa shape index (κ2) is 9.32. The van der Waals surface area contributed by atoms with Gasteiger partial charge >= 0.3 is 11.1 Å². The average molecular weight is 478 g/mol. The molecule has 0 aliphatic carbocycles. The summed E-state index contributed by atoms with van der Waals surface area (Å²) in [6.45, 7) is 4.87. The molecule has 2 aromatic rings. The SMILES string of the molecule is CC(=O)NC[C@H]1CN(c2ccc(N3CCNC(C)C3c3ccc([N+](=O)[O-])s3)c(F)c2)C(=O)O1. The molecule has 0 radical (unpaired) electrons. The van der Waals surface area contributed by atoms with Crippen LogP contribution in [0, 0.1) is 15.9 Å². The molecule has 1 aromatic heterocycles. The molecule has 3 heterocycles. The summed E-state index contributed by atoms with van der Waals surface area (Å²) in [5, 5.41) is 17.1. The Morgan fingerprint density at radius 1 is 1.39 bits per heavy atom. The number of cyclic esters (lactones) is 1. The average Bonchev–Trinajstić information content (AvgIpc) is 3.39. The number of piperazine rings is 1. The van der Waals surface area contributed by atoms with Crippen LogP contribution in [0.4, 0.5) is 25.6 Å². The number of halogens is 1. The highest BCUT2D eigenvalue weighted by molar-refractivity contribution is 7.15. The van der Waals surface area contributed by atoms with Gasteiger partial charge in [0.25, 0.3) is 0 Å². The van der Waals surface area contributed by atoms with Gasteiger partial charge in [-0.2, -0.15) is 0 Å². The Bertz CT molecular complexity index is 1080. The van der Waals surface area contributed by atoms with Crippen molar-refractivity contribution in [1.29, 1.82) is 0 Å². The highest BCUT2D eigenvalue weighted by atomic mass is 32.1. The first-order valence-corrected chi connectivity index (χ1v) is 11.3. The monoisotopic (exact) mass is 477 g/mol. The van der Waals surface area contributed by atoms with Crippen LogP contribution >= 0.6 is 11.3 Å². The molecule has 1 aromatic carbocycles. The summed E-state index contributed by atoms with van der Waals surface area (Å²) < 4.78 is 20.6. The van der Waals surface area contributed by atoms with Crippen molar-refractivity contribution in [3.8, 4) is 0 Å². The Kier molecular flexibility index (Phi) is 6.47. The van der Waals surface area contributed by atoms with Crippen molar-refractivity contribution >= 4 is 39.7 Å². The number of thiophene rings is 1. The highest BCUT2D eigenvalue weighted by Crippen LogP contribution is 2.39. The number of benzene rings is 1. The standard InChI is InChI=1S/C21H24FN5O5S/c1-12-20(18-5-6-19(33-18)27(30)31)25(8-7-23-12)17-4-3-14(9-16(17)22)26-11-15(32-21(26)29)10-24-13(2)28/h3-6,9,12,15,20,23H,7-8,10-11H2,1-2H3,(H,24,28)/t12?,15-,20?/m0/s1. The molecule has 4 rings (SSSR count). The van der Waals surface area contributed by atoms with Gasteiger partial charge in [0.05, 0.1) is 35.4 Å². The third-order valence-corrected chi connectivity index (χ3v) is 6.83. The van der Waals surface area contributed by atoms with E-state index in [-0.39, 0.29) is 36.1 Å². The lowest BCUT2D eigenvalue weighted by Gasteiger charge is -2.41. The number of nitrogens with one attached hydrogen (secondary N) is 2. The van der Waals surface area contributed by atoms with Crippen LogP contribution in [0.3, 0.4) is 0 Å². The van der Waals surface area contributed by atoms with Crippen LogP contribution in [-0.4, -0.2) is 55.2 Å². The summed E-state index contributed by atoms with van der Waals surface area (Å²) in [5.74, 6) is -0.730. The van der Waals surface area contributed by atoms with Crippen molar-refractivity contribution in [3.63, 3.8) is 0 Å². The van der Waals surface area contributed by atoms with Gasteiger partial charge in [-0.05, 0) is 31.2 Å². The van der Waals surface area contributed by atoms with Gasteiger partial charge < -0.3 is 20.3 Å². The van der Waals surface area contributed by atoms with E-state index in [2.05, 4.69) is 10.6 Å². The maximum atomic E-state index is 15.3. The normalized spacial score (nSPS) is 22.9.